The van der Waals surface area contributed by atoms with Crippen molar-refractivity contribution in [1.29, 1.82) is 0 Å². The highest BCUT2D eigenvalue weighted by Crippen LogP contribution is 2.35. The van der Waals surface area contributed by atoms with Gasteiger partial charge in [0.05, 0.1) is 0 Å². The van der Waals surface area contributed by atoms with Gasteiger partial charge in [0.25, 0.3) is 0 Å². The Labute approximate surface area is 205 Å². The van der Waals surface area contributed by atoms with E-state index in [0.29, 0.717) is 0 Å². The predicted molar refractivity (Wildman–Crippen MR) is 140 cm³/mol. The Hall–Kier alpha value is -3.49. The quantitative estimate of drug-likeness (QED) is 0.450. The maximum atomic E-state index is 6.44. The first-order valence-corrected chi connectivity index (χ1v) is 12.3. The van der Waals surface area contributed by atoms with Crippen LogP contribution < -0.4 is 9.80 Å². The fourth-order valence-corrected chi connectivity index (χ4v) is 4.88. The van der Waals surface area contributed by atoms with Crippen molar-refractivity contribution in [3.63, 3.8) is 0 Å². The summed E-state index contributed by atoms with van der Waals surface area (Å²) in [7, 11) is 4.33. The molecule has 0 radical (unpaired) electrons. The van der Waals surface area contributed by atoms with Crippen LogP contribution in [0.1, 0.15) is 0 Å². The summed E-state index contributed by atoms with van der Waals surface area (Å²) in [6, 6.07) is 12.4. The molecule has 2 aliphatic rings. The van der Waals surface area contributed by atoms with Crippen LogP contribution in [0.15, 0.2) is 59.4 Å². The molecule has 0 atom stereocenters. The number of furan rings is 1. The molecular formula is C27H31N7O. The van der Waals surface area contributed by atoms with Crippen molar-refractivity contribution in [3.05, 3.63) is 55.0 Å². The second-order valence-electron chi connectivity index (χ2n) is 9.57. The van der Waals surface area contributed by atoms with Gasteiger partial charge in [0.1, 0.15) is 22.9 Å². The van der Waals surface area contributed by atoms with E-state index in [1.165, 1.54) is 0 Å². The topological polar surface area (TPSA) is 64.8 Å². The standard InChI is InChI=1S/C27H31N7O/c1-31-9-13-33(14-10-31)25-17-20(3-6-29-25)22-5-8-28-23-19-24(35-27(22)23)21-4-7-30-26(18-21)34-15-11-32(2)12-16-34/h3-8,17-19H,9-16H2,1-2H3. The number of hydrogen-bond acceptors (Lipinski definition) is 8. The molecule has 8 heteroatoms. The summed E-state index contributed by atoms with van der Waals surface area (Å²) in [6.07, 6.45) is 5.62. The average Bonchev–Trinajstić information content (AvgIpc) is 3.34. The maximum absolute atomic E-state index is 6.44. The number of piperazine rings is 2. The Morgan fingerprint density at radius 3 is 1.80 bits per heavy atom. The van der Waals surface area contributed by atoms with Gasteiger partial charge < -0.3 is 24.0 Å². The second kappa shape index (κ2) is 9.28. The van der Waals surface area contributed by atoms with Crippen LogP contribution >= 0.6 is 0 Å². The number of nitrogens with zero attached hydrogens (tertiary/aromatic N) is 7. The monoisotopic (exact) mass is 469 g/mol. The predicted octanol–water partition coefficient (Wildman–Crippen LogP) is 3.46. The van der Waals surface area contributed by atoms with Crippen LogP contribution in [0.25, 0.3) is 33.6 Å². The Kier molecular flexibility index (Phi) is 5.83. The molecule has 0 bridgehead atoms. The van der Waals surface area contributed by atoms with Gasteiger partial charge in [-0.15, -0.1) is 0 Å². The Morgan fingerprint density at radius 1 is 0.629 bits per heavy atom. The lowest BCUT2D eigenvalue weighted by molar-refractivity contribution is 0.312. The fraction of sp³-hybridized carbons (Fsp3) is 0.370. The molecule has 2 aliphatic heterocycles. The smallest absolute Gasteiger partial charge is 0.161 e. The molecule has 0 saturated carbocycles. The molecule has 4 aromatic heterocycles. The van der Waals surface area contributed by atoms with Crippen LogP contribution in [0.2, 0.25) is 0 Å². The van der Waals surface area contributed by atoms with E-state index in [2.05, 4.69) is 66.8 Å². The highest BCUT2D eigenvalue weighted by atomic mass is 16.3. The molecule has 0 spiro atoms. The number of hydrogen-bond donors (Lipinski definition) is 0. The summed E-state index contributed by atoms with van der Waals surface area (Å²) < 4.78 is 6.44. The minimum absolute atomic E-state index is 0.802. The number of likely N-dealkylation sites (N-methyl/N-ethyl adjacent to an activating group) is 2. The van der Waals surface area contributed by atoms with Crippen LogP contribution in [-0.2, 0) is 0 Å². The van der Waals surface area contributed by atoms with Gasteiger partial charge >= 0.3 is 0 Å². The van der Waals surface area contributed by atoms with E-state index in [1.54, 1.807) is 0 Å². The first kappa shape index (κ1) is 22.0. The molecule has 6 rings (SSSR count). The fourth-order valence-electron chi connectivity index (χ4n) is 4.88. The highest BCUT2D eigenvalue weighted by Gasteiger charge is 2.19. The molecule has 2 saturated heterocycles. The third kappa shape index (κ3) is 4.47. The molecular weight excluding hydrogens is 438 g/mol. The molecule has 0 amide bonds. The summed E-state index contributed by atoms with van der Waals surface area (Å²) in [5, 5.41) is 0. The molecule has 0 N–H and O–H groups in total. The zero-order chi connectivity index (χ0) is 23.8. The second-order valence-corrected chi connectivity index (χ2v) is 9.57. The molecule has 0 aromatic carbocycles. The number of fused-ring (bicyclic) bond motifs is 1. The SMILES string of the molecule is CN1CCN(c2cc(-c3cc4nccc(-c5ccnc(N6CCN(C)CC6)c5)c4o3)ccn2)CC1. The molecule has 2 fully saturated rings. The molecule has 6 heterocycles. The Bertz CT molecular complexity index is 1320. The molecule has 180 valence electrons. The summed E-state index contributed by atoms with van der Waals surface area (Å²) in [5.41, 5.74) is 4.80. The largest absolute Gasteiger partial charge is 0.454 e. The van der Waals surface area contributed by atoms with E-state index >= 15 is 0 Å². The molecule has 0 unspecified atom stereocenters. The van der Waals surface area contributed by atoms with Gasteiger partial charge in [-0.3, -0.25) is 4.98 Å². The lowest BCUT2D eigenvalue weighted by Gasteiger charge is -2.33. The van der Waals surface area contributed by atoms with Gasteiger partial charge in [-0.05, 0) is 50.0 Å². The van der Waals surface area contributed by atoms with Crippen molar-refractivity contribution in [1.82, 2.24) is 24.8 Å². The first-order chi connectivity index (χ1) is 17.1. The van der Waals surface area contributed by atoms with Gasteiger partial charge in [0, 0.05) is 88.1 Å². The van der Waals surface area contributed by atoms with Gasteiger partial charge in [-0.2, -0.15) is 0 Å². The number of anilines is 2. The van der Waals surface area contributed by atoms with Gasteiger partial charge in [0.15, 0.2) is 5.58 Å². The Balaban J connectivity index is 1.32. The number of pyridine rings is 3. The van der Waals surface area contributed by atoms with Crippen LogP contribution in [0, 0.1) is 0 Å². The zero-order valence-electron chi connectivity index (χ0n) is 20.4. The molecule has 35 heavy (non-hydrogen) atoms. The van der Waals surface area contributed by atoms with Crippen LogP contribution in [0.3, 0.4) is 0 Å². The summed E-state index contributed by atoms with van der Waals surface area (Å²) in [6.45, 7) is 8.14. The lowest BCUT2D eigenvalue weighted by atomic mass is 10.1. The maximum Gasteiger partial charge on any atom is 0.161 e. The molecule has 8 nitrogen and oxygen atoms in total. The van der Waals surface area contributed by atoms with Gasteiger partial charge in [0.2, 0.25) is 0 Å². The van der Waals surface area contributed by atoms with Crippen LogP contribution in [0.5, 0.6) is 0 Å². The average molecular weight is 470 g/mol. The minimum atomic E-state index is 0.802. The van der Waals surface area contributed by atoms with E-state index in [0.717, 1.165) is 97.5 Å². The van der Waals surface area contributed by atoms with E-state index < -0.39 is 0 Å². The normalized spacial score (nSPS) is 17.9. The van der Waals surface area contributed by atoms with Crippen molar-refractivity contribution < 1.29 is 4.42 Å². The highest BCUT2D eigenvalue weighted by molar-refractivity contribution is 5.92. The van der Waals surface area contributed by atoms with E-state index in [1.807, 2.05) is 36.8 Å². The van der Waals surface area contributed by atoms with Gasteiger partial charge in [-0.1, -0.05) is 0 Å². The lowest BCUT2D eigenvalue weighted by Crippen LogP contribution is -2.44. The van der Waals surface area contributed by atoms with Crippen molar-refractivity contribution >= 4 is 22.7 Å². The number of aromatic nitrogens is 3. The minimum Gasteiger partial charge on any atom is -0.454 e. The zero-order valence-corrected chi connectivity index (χ0v) is 20.4. The first-order valence-electron chi connectivity index (χ1n) is 12.3. The summed E-state index contributed by atoms with van der Waals surface area (Å²) >= 11 is 0. The van der Waals surface area contributed by atoms with Gasteiger partial charge in [-0.25, -0.2) is 9.97 Å². The van der Waals surface area contributed by atoms with E-state index in [4.69, 9.17) is 4.42 Å². The Morgan fingerprint density at radius 2 is 1.17 bits per heavy atom. The third-order valence-electron chi connectivity index (χ3n) is 7.15. The van der Waals surface area contributed by atoms with Crippen molar-refractivity contribution in [2.75, 3.05) is 76.3 Å². The summed E-state index contributed by atoms with van der Waals surface area (Å²) in [4.78, 5) is 23.3. The van der Waals surface area contributed by atoms with Crippen LogP contribution in [0.4, 0.5) is 11.6 Å². The van der Waals surface area contributed by atoms with E-state index in [-0.39, 0.29) is 0 Å². The third-order valence-corrected chi connectivity index (χ3v) is 7.15. The summed E-state index contributed by atoms with van der Waals surface area (Å²) in [5.74, 6) is 2.82. The van der Waals surface area contributed by atoms with Crippen LogP contribution in [-0.4, -0.2) is 91.2 Å². The van der Waals surface area contributed by atoms with E-state index in [9.17, 15) is 0 Å². The van der Waals surface area contributed by atoms with Crippen molar-refractivity contribution in [2.45, 2.75) is 0 Å². The molecule has 4 aromatic rings. The molecule has 0 aliphatic carbocycles. The van der Waals surface area contributed by atoms with Crippen molar-refractivity contribution in [2.24, 2.45) is 0 Å². The van der Waals surface area contributed by atoms with Crippen molar-refractivity contribution in [3.8, 4) is 22.5 Å². The number of rotatable bonds is 4.